The van der Waals surface area contributed by atoms with E-state index in [4.69, 9.17) is 0 Å². The molecule has 21 heavy (non-hydrogen) atoms. The third kappa shape index (κ3) is 3.78. The summed E-state index contributed by atoms with van der Waals surface area (Å²) in [7, 11) is 0. The molecule has 0 aliphatic heterocycles. The van der Waals surface area contributed by atoms with Gasteiger partial charge in [0.2, 0.25) is 0 Å². The second-order valence-corrected chi connectivity index (χ2v) is 4.61. The molecule has 0 saturated carbocycles. The second kappa shape index (κ2) is 6.35. The van der Waals surface area contributed by atoms with Crippen molar-refractivity contribution in [1.82, 2.24) is 0 Å². The minimum absolute atomic E-state index is 0.0429. The van der Waals surface area contributed by atoms with Gasteiger partial charge in [0.05, 0.1) is 0 Å². The van der Waals surface area contributed by atoms with Crippen LogP contribution in [0.1, 0.15) is 21.5 Å². The van der Waals surface area contributed by atoms with Crippen molar-refractivity contribution in [2.24, 2.45) is 0 Å². The number of carbonyl (C=O) groups excluding carboxylic acids is 1. The first-order chi connectivity index (χ1) is 9.97. The fourth-order valence-corrected chi connectivity index (χ4v) is 1.89. The van der Waals surface area contributed by atoms with E-state index in [1.807, 2.05) is 26.0 Å². The Morgan fingerprint density at radius 1 is 1.14 bits per heavy atom. The summed E-state index contributed by atoms with van der Waals surface area (Å²) >= 11 is 0. The Balaban J connectivity index is 2.18. The minimum Gasteiger partial charge on any atom is -0.435 e. The van der Waals surface area contributed by atoms with Crippen LogP contribution < -0.4 is 10.1 Å². The molecule has 0 fully saturated rings. The molecule has 0 aliphatic carbocycles. The number of hydrogen-bond acceptors (Lipinski definition) is 2. The van der Waals surface area contributed by atoms with E-state index in [1.165, 1.54) is 18.2 Å². The van der Waals surface area contributed by atoms with Crippen LogP contribution in [0.25, 0.3) is 0 Å². The van der Waals surface area contributed by atoms with Gasteiger partial charge in [-0.05, 0) is 49.2 Å². The highest BCUT2D eigenvalue weighted by Gasteiger charge is 2.11. The topological polar surface area (TPSA) is 38.3 Å². The maximum absolute atomic E-state index is 12.2. The number of aryl methyl sites for hydroxylation is 1. The molecule has 0 heterocycles. The number of ether oxygens (including phenoxy) is 1. The lowest BCUT2D eigenvalue weighted by atomic mass is 10.1. The third-order valence-corrected chi connectivity index (χ3v) is 3.17. The molecule has 0 atom stereocenters. The molecular formula is C16H15F2NO2. The average Bonchev–Trinajstić information content (AvgIpc) is 2.43. The van der Waals surface area contributed by atoms with Crippen molar-refractivity contribution in [2.45, 2.75) is 20.5 Å². The standard InChI is InChI=1S/C16H15F2NO2/c1-10-5-3-8-14(11(10)2)19-15(20)12-6-4-7-13(9-12)21-16(17)18/h3-9,16H,1-2H3,(H,19,20). The van der Waals surface area contributed by atoms with Crippen molar-refractivity contribution in [1.29, 1.82) is 0 Å². The lowest BCUT2D eigenvalue weighted by molar-refractivity contribution is -0.0498. The molecule has 0 unspecified atom stereocenters. The summed E-state index contributed by atoms with van der Waals surface area (Å²) in [5, 5.41) is 2.77. The molecule has 0 spiro atoms. The van der Waals surface area contributed by atoms with Gasteiger partial charge >= 0.3 is 6.61 Å². The molecule has 0 radical (unpaired) electrons. The first kappa shape index (κ1) is 15.0. The van der Waals surface area contributed by atoms with Crippen molar-refractivity contribution in [2.75, 3.05) is 5.32 Å². The molecule has 2 aromatic rings. The maximum Gasteiger partial charge on any atom is 0.387 e. The van der Waals surface area contributed by atoms with Crippen LogP contribution in [0, 0.1) is 13.8 Å². The van der Waals surface area contributed by atoms with Gasteiger partial charge in [-0.25, -0.2) is 0 Å². The van der Waals surface area contributed by atoms with E-state index in [0.29, 0.717) is 5.69 Å². The second-order valence-electron chi connectivity index (χ2n) is 4.61. The summed E-state index contributed by atoms with van der Waals surface area (Å²) in [6.07, 6.45) is 0. The van der Waals surface area contributed by atoms with Crippen molar-refractivity contribution in [3.05, 3.63) is 59.2 Å². The summed E-state index contributed by atoms with van der Waals surface area (Å²) < 4.78 is 28.6. The van der Waals surface area contributed by atoms with Crippen LogP contribution in [0.4, 0.5) is 14.5 Å². The van der Waals surface area contributed by atoms with Crippen LogP contribution in [0.15, 0.2) is 42.5 Å². The Kier molecular flexibility index (Phi) is 4.52. The summed E-state index contributed by atoms with van der Waals surface area (Å²) in [6.45, 7) is 0.936. The van der Waals surface area contributed by atoms with E-state index >= 15 is 0 Å². The number of nitrogens with one attached hydrogen (secondary N) is 1. The van der Waals surface area contributed by atoms with Gasteiger partial charge in [0.15, 0.2) is 0 Å². The summed E-state index contributed by atoms with van der Waals surface area (Å²) in [5.74, 6) is -0.415. The number of alkyl halides is 2. The number of benzene rings is 2. The number of halogens is 2. The van der Waals surface area contributed by atoms with E-state index in [0.717, 1.165) is 11.1 Å². The zero-order chi connectivity index (χ0) is 15.4. The number of rotatable bonds is 4. The maximum atomic E-state index is 12.2. The van der Waals surface area contributed by atoms with Crippen molar-refractivity contribution in [3.63, 3.8) is 0 Å². The summed E-state index contributed by atoms with van der Waals surface area (Å²) in [5.41, 5.74) is 2.97. The highest BCUT2D eigenvalue weighted by molar-refractivity contribution is 6.04. The largest absolute Gasteiger partial charge is 0.435 e. The molecule has 1 amide bonds. The van der Waals surface area contributed by atoms with Crippen molar-refractivity contribution >= 4 is 11.6 Å². The summed E-state index contributed by atoms with van der Waals surface area (Å²) in [6, 6.07) is 11.3. The van der Waals surface area contributed by atoms with E-state index in [9.17, 15) is 13.6 Å². The van der Waals surface area contributed by atoms with E-state index in [2.05, 4.69) is 10.1 Å². The Morgan fingerprint density at radius 2 is 1.86 bits per heavy atom. The lowest BCUT2D eigenvalue weighted by Crippen LogP contribution is -2.13. The number of amides is 1. The van der Waals surface area contributed by atoms with E-state index < -0.39 is 6.61 Å². The minimum atomic E-state index is -2.91. The molecule has 2 aromatic carbocycles. The smallest absolute Gasteiger partial charge is 0.387 e. The van der Waals surface area contributed by atoms with Crippen LogP contribution in [-0.4, -0.2) is 12.5 Å². The Hall–Kier alpha value is -2.43. The number of anilines is 1. The van der Waals surface area contributed by atoms with E-state index in [-0.39, 0.29) is 17.2 Å². The van der Waals surface area contributed by atoms with Crippen LogP contribution in [0.3, 0.4) is 0 Å². The molecule has 0 saturated heterocycles. The van der Waals surface area contributed by atoms with Gasteiger partial charge in [-0.1, -0.05) is 18.2 Å². The molecule has 0 aromatic heterocycles. The Labute approximate surface area is 121 Å². The van der Waals surface area contributed by atoms with Gasteiger partial charge in [-0.2, -0.15) is 8.78 Å². The van der Waals surface area contributed by atoms with Crippen LogP contribution in [0.5, 0.6) is 5.75 Å². The average molecular weight is 291 g/mol. The molecule has 2 rings (SSSR count). The van der Waals surface area contributed by atoms with Gasteiger partial charge in [0.25, 0.3) is 5.91 Å². The fraction of sp³-hybridized carbons (Fsp3) is 0.188. The predicted molar refractivity (Wildman–Crippen MR) is 76.9 cm³/mol. The molecule has 3 nitrogen and oxygen atoms in total. The fourth-order valence-electron chi connectivity index (χ4n) is 1.89. The lowest BCUT2D eigenvalue weighted by Gasteiger charge is -2.11. The zero-order valence-electron chi connectivity index (χ0n) is 11.7. The van der Waals surface area contributed by atoms with Gasteiger partial charge in [0, 0.05) is 11.3 Å². The molecule has 1 N–H and O–H groups in total. The molecule has 110 valence electrons. The van der Waals surface area contributed by atoms with Crippen LogP contribution in [-0.2, 0) is 0 Å². The Bertz CT molecular complexity index is 656. The number of carbonyl (C=O) groups is 1. The molecule has 0 aliphatic rings. The summed E-state index contributed by atoms with van der Waals surface area (Å²) in [4.78, 5) is 12.2. The highest BCUT2D eigenvalue weighted by atomic mass is 19.3. The quantitative estimate of drug-likeness (QED) is 0.918. The first-order valence-electron chi connectivity index (χ1n) is 6.40. The van der Waals surface area contributed by atoms with Crippen LogP contribution >= 0.6 is 0 Å². The first-order valence-corrected chi connectivity index (χ1v) is 6.40. The monoisotopic (exact) mass is 291 g/mol. The molecule has 5 heteroatoms. The van der Waals surface area contributed by atoms with Gasteiger partial charge in [0.1, 0.15) is 5.75 Å². The highest BCUT2D eigenvalue weighted by Crippen LogP contribution is 2.20. The van der Waals surface area contributed by atoms with Crippen LogP contribution in [0.2, 0.25) is 0 Å². The normalized spacial score (nSPS) is 10.5. The Morgan fingerprint density at radius 3 is 2.57 bits per heavy atom. The number of hydrogen-bond donors (Lipinski definition) is 1. The van der Waals surface area contributed by atoms with Gasteiger partial charge in [-0.3, -0.25) is 4.79 Å². The molecule has 0 bridgehead atoms. The zero-order valence-corrected chi connectivity index (χ0v) is 11.7. The van der Waals surface area contributed by atoms with Crippen molar-refractivity contribution in [3.8, 4) is 5.75 Å². The van der Waals surface area contributed by atoms with Crippen molar-refractivity contribution < 1.29 is 18.3 Å². The SMILES string of the molecule is Cc1cccc(NC(=O)c2cccc(OC(F)F)c2)c1C. The predicted octanol–water partition coefficient (Wildman–Crippen LogP) is 4.16. The third-order valence-electron chi connectivity index (χ3n) is 3.17. The van der Waals surface area contributed by atoms with Gasteiger partial charge < -0.3 is 10.1 Å². The van der Waals surface area contributed by atoms with Gasteiger partial charge in [-0.15, -0.1) is 0 Å². The van der Waals surface area contributed by atoms with E-state index in [1.54, 1.807) is 12.1 Å². The molecular weight excluding hydrogens is 276 g/mol.